The van der Waals surface area contributed by atoms with E-state index in [1.807, 2.05) is 30.3 Å². The first kappa shape index (κ1) is 15.2. The van der Waals surface area contributed by atoms with Crippen molar-refractivity contribution in [2.45, 2.75) is 12.5 Å². The third-order valence-electron chi connectivity index (χ3n) is 4.84. The van der Waals surface area contributed by atoms with Crippen LogP contribution in [0.2, 0.25) is 0 Å². The molecule has 2 N–H and O–H groups in total. The summed E-state index contributed by atoms with van der Waals surface area (Å²) in [7, 11) is 0. The molecule has 0 amide bonds. The largest absolute Gasteiger partial charge is 0.387 e. The fraction of sp³-hybridized carbons (Fsp3) is 0.238. The lowest BCUT2D eigenvalue weighted by Crippen LogP contribution is -2.32. The monoisotopic (exact) mass is 318 g/mol. The Bertz CT molecular complexity index is 850. The van der Waals surface area contributed by atoms with Crippen LogP contribution >= 0.6 is 0 Å². The van der Waals surface area contributed by atoms with Gasteiger partial charge in [0.2, 0.25) is 0 Å². The van der Waals surface area contributed by atoms with E-state index in [-0.39, 0.29) is 0 Å². The van der Waals surface area contributed by atoms with Gasteiger partial charge in [-0.3, -0.25) is 4.90 Å². The van der Waals surface area contributed by atoms with Crippen molar-refractivity contribution in [3.05, 3.63) is 78.0 Å². The van der Waals surface area contributed by atoms with E-state index in [1.165, 1.54) is 22.0 Å². The number of rotatable bonds is 4. The van der Waals surface area contributed by atoms with Crippen LogP contribution in [0.4, 0.5) is 0 Å². The molecule has 0 aliphatic carbocycles. The number of β-amino-alcohol motifs (C(OH)–C–C–N with tert-alkyl or cyclic N) is 1. The average molecular weight is 318 g/mol. The summed E-state index contributed by atoms with van der Waals surface area (Å²) in [6, 6.07) is 18.3. The van der Waals surface area contributed by atoms with E-state index in [0.29, 0.717) is 6.54 Å². The SMILES string of the molecule is OC(CN1CC=C(c2c[nH]c3ccccc23)CC1)c1ccccc1. The summed E-state index contributed by atoms with van der Waals surface area (Å²) < 4.78 is 0. The van der Waals surface area contributed by atoms with Gasteiger partial charge in [0.15, 0.2) is 0 Å². The van der Waals surface area contributed by atoms with Crippen molar-refractivity contribution in [2.75, 3.05) is 19.6 Å². The minimum atomic E-state index is -0.422. The summed E-state index contributed by atoms with van der Waals surface area (Å²) in [5, 5.41) is 11.7. The maximum atomic E-state index is 10.4. The molecule has 1 aliphatic heterocycles. The molecule has 1 aromatic heterocycles. The maximum absolute atomic E-state index is 10.4. The number of hydrogen-bond donors (Lipinski definition) is 2. The molecule has 0 radical (unpaired) electrons. The summed E-state index contributed by atoms with van der Waals surface area (Å²) in [5.41, 5.74) is 4.89. The van der Waals surface area contributed by atoms with Crippen LogP contribution in [0.3, 0.4) is 0 Å². The molecule has 3 nitrogen and oxygen atoms in total. The van der Waals surface area contributed by atoms with Crippen molar-refractivity contribution in [1.29, 1.82) is 0 Å². The number of aliphatic hydroxyl groups is 1. The van der Waals surface area contributed by atoms with Gasteiger partial charge >= 0.3 is 0 Å². The Morgan fingerprint density at radius 3 is 2.62 bits per heavy atom. The summed E-state index contributed by atoms with van der Waals surface area (Å²) in [4.78, 5) is 5.67. The zero-order valence-electron chi connectivity index (χ0n) is 13.7. The molecule has 0 saturated heterocycles. The van der Waals surface area contributed by atoms with Crippen molar-refractivity contribution < 1.29 is 5.11 Å². The molecule has 2 heterocycles. The third kappa shape index (κ3) is 3.01. The van der Waals surface area contributed by atoms with Crippen molar-refractivity contribution in [1.82, 2.24) is 9.88 Å². The first-order valence-corrected chi connectivity index (χ1v) is 8.52. The molecule has 122 valence electrons. The van der Waals surface area contributed by atoms with Crippen molar-refractivity contribution >= 4 is 16.5 Å². The van der Waals surface area contributed by atoms with E-state index < -0.39 is 6.10 Å². The minimum Gasteiger partial charge on any atom is -0.387 e. The van der Waals surface area contributed by atoms with Gasteiger partial charge in [0.1, 0.15) is 0 Å². The van der Waals surface area contributed by atoms with Crippen molar-refractivity contribution in [3.8, 4) is 0 Å². The van der Waals surface area contributed by atoms with Gasteiger partial charge < -0.3 is 10.1 Å². The quantitative estimate of drug-likeness (QED) is 0.763. The molecule has 24 heavy (non-hydrogen) atoms. The van der Waals surface area contributed by atoms with Gasteiger partial charge in [0, 0.05) is 42.3 Å². The van der Waals surface area contributed by atoms with Gasteiger partial charge in [-0.2, -0.15) is 0 Å². The second-order valence-electron chi connectivity index (χ2n) is 6.41. The molecule has 4 rings (SSSR count). The number of fused-ring (bicyclic) bond motifs is 1. The highest BCUT2D eigenvalue weighted by Gasteiger charge is 2.18. The van der Waals surface area contributed by atoms with Gasteiger partial charge in [0.25, 0.3) is 0 Å². The van der Waals surface area contributed by atoms with E-state index >= 15 is 0 Å². The molecule has 0 bridgehead atoms. The number of hydrogen-bond acceptors (Lipinski definition) is 2. The second-order valence-corrected chi connectivity index (χ2v) is 6.41. The van der Waals surface area contributed by atoms with E-state index in [9.17, 15) is 5.11 Å². The van der Waals surface area contributed by atoms with Crippen LogP contribution in [0.25, 0.3) is 16.5 Å². The Morgan fingerprint density at radius 1 is 1.04 bits per heavy atom. The van der Waals surface area contributed by atoms with Crippen LogP contribution in [0.15, 0.2) is 66.9 Å². The fourth-order valence-electron chi connectivity index (χ4n) is 3.48. The van der Waals surface area contributed by atoms with Crippen molar-refractivity contribution in [3.63, 3.8) is 0 Å². The molecule has 1 aliphatic rings. The smallest absolute Gasteiger partial charge is 0.0917 e. The summed E-state index contributed by atoms with van der Waals surface area (Å²) in [6.07, 6.45) is 5.01. The summed E-state index contributed by atoms with van der Waals surface area (Å²) in [6.45, 7) is 2.55. The van der Waals surface area contributed by atoms with Crippen LogP contribution in [0.1, 0.15) is 23.7 Å². The molecule has 0 saturated carbocycles. The molecule has 2 aromatic carbocycles. The van der Waals surface area contributed by atoms with Crippen LogP contribution < -0.4 is 0 Å². The summed E-state index contributed by atoms with van der Waals surface area (Å²) >= 11 is 0. The highest BCUT2D eigenvalue weighted by molar-refractivity contribution is 5.92. The topological polar surface area (TPSA) is 39.3 Å². The zero-order chi connectivity index (χ0) is 16.4. The maximum Gasteiger partial charge on any atom is 0.0917 e. The molecule has 0 spiro atoms. The van der Waals surface area contributed by atoms with Gasteiger partial charge in [-0.15, -0.1) is 0 Å². The Hall–Kier alpha value is -2.36. The lowest BCUT2D eigenvalue weighted by atomic mass is 9.98. The Morgan fingerprint density at radius 2 is 1.83 bits per heavy atom. The van der Waals surface area contributed by atoms with E-state index in [4.69, 9.17) is 0 Å². The number of aromatic amines is 1. The number of para-hydroxylation sites is 1. The Balaban J connectivity index is 1.46. The second kappa shape index (κ2) is 6.63. The van der Waals surface area contributed by atoms with Crippen LogP contribution in [0.5, 0.6) is 0 Å². The molecule has 3 aromatic rings. The number of aliphatic hydroxyl groups excluding tert-OH is 1. The van der Waals surface area contributed by atoms with Gasteiger partial charge in [0.05, 0.1) is 6.10 Å². The van der Waals surface area contributed by atoms with Gasteiger partial charge in [-0.25, -0.2) is 0 Å². The number of aromatic nitrogens is 1. The van der Waals surface area contributed by atoms with Crippen LogP contribution in [0, 0.1) is 0 Å². The zero-order valence-corrected chi connectivity index (χ0v) is 13.7. The van der Waals surface area contributed by atoms with Gasteiger partial charge in [-0.05, 0) is 23.6 Å². The molecule has 1 atom stereocenters. The van der Waals surface area contributed by atoms with Crippen LogP contribution in [-0.2, 0) is 0 Å². The standard InChI is InChI=1S/C21H22N2O/c24-21(17-6-2-1-3-7-17)15-23-12-10-16(11-13-23)19-14-22-20-9-5-4-8-18(19)20/h1-10,14,21-22,24H,11-13,15H2. The first-order chi connectivity index (χ1) is 11.8. The highest BCUT2D eigenvalue weighted by atomic mass is 16.3. The minimum absolute atomic E-state index is 0.422. The van der Waals surface area contributed by atoms with Gasteiger partial charge in [-0.1, -0.05) is 54.6 Å². The molecule has 0 fully saturated rings. The molecular formula is C21H22N2O. The van der Waals surface area contributed by atoms with Crippen LogP contribution in [-0.4, -0.2) is 34.6 Å². The number of nitrogens with zero attached hydrogens (tertiary/aromatic N) is 1. The van der Waals surface area contributed by atoms with E-state index in [0.717, 1.165) is 25.1 Å². The Labute approximate surface area is 142 Å². The number of nitrogens with one attached hydrogen (secondary N) is 1. The summed E-state index contributed by atoms with van der Waals surface area (Å²) in [5.74, 6) is 0. The number of benzene rings is 2. The predicted octanol–water partition coefficient (Wildman–Crippen LogP) is 3.99. The fourth-order valence-corrected chi connectivity index (χ4v) is 3.48. The molecular weight excluding hydrogens is 296 g/mol. The first-order valence-electron chi connectivity index (χ1n) is 8.52. The normalized spacial score (nSPS) is 17.0. The molecule has 1 unspecified atom stereocenters. The predicted molar refractivity (Wildman–Crippen MR) is 98.7 cm³/mol. The lowest BCUT2D eigenvalue weighted by molar-refractivity contribution is 0.119. The average Bonchev–Trinajstić information content (AvgIpc) is 3.07. The third-order valence-corrected chi connectivity index (χ3v) is 4.84. The number of H-pyrrole nitrogens is 1. The highest BCUT2D eigenvalue weighted by Crippen LogP contribution is 2.29. The Kier molecular flexibility index (Phi) is 4.20. The molecule has 3 heteroatoms. The van der Waals surface area contributed by atoms with E-state index in [1.54, 1.807) is 0 Å². The van der Waals surface area contributed by atoms with Crippen molar-refractivity contribution in [2.24, 2.45) is 0 Å². The lowest BCUT2D eigenvalue weighted by Gasteiger charge is -2.28. The van der Waals surface area contributed by atoms with E-state index in [2.05, 4.69) is 46.4 Å².